The van der Waals surface area contributed by atoms with Crippen LogP contribution in [0.1, 0.15) is 45.6 Å². The minimum Gasteiger partial charge on any atom is -0.354 e. The van der Waals surface area contributed by atoms with E-state index in [-0.39, 0.29) is 5.82 Å². The van der Waals surface area contributed by atoms with E-state index in [0.29, 0.717) is 24.0 Å². The fourth-order valence-corrected chi connectivity index (χ4v) is 2.26. The summed E-state index contributed by atoms with van der Waals surface area (Å²) in [5, 5.41) is 3.23. The molecule has 0 atom stereocenters. The lowest BCUT2D eigenvalue weighted by Gasteiger charge is -2.28. The van der Waals surface area contributed by atoms with Gasteiger partial charge in [0.2, 0.25) is 0 Å². The largest absolute Gasteiger partial charge is 0.354 e. The van der Waals surface area contributed by atoms with Gasteiger partial charge in [0.05, 0.1) is 0 Å². The van der Waals surface area contributed by atoms with Crippen LogP contribution in [0.5, 0.6) is 0 Å². The summed E-state index contributed by atoms with van der Waals surface area (Å²) in [4.78, 5) is 6.16. The van der Waals surface area contributed by atoms with Crippen molar-refractivity contribution in [2.45, 2.75) is 52.6 Å². The molecular weight excluding hydrogens is 241 g/mol. The van der Waals surface area contributed by atoms with Crippen molar-refractivity contribution in [2.75, 3.05) is 18.5 Å². The summed E-state index contributed by atoms with van der Waals surface area (Å²) < 4.78 is 14.4. The van der Waals surface area contributed by atoms with E-state index in [1.165, 1.54) is 0 Å². The van der Waals surface area contributed by atoms with Gasteiger partial charge < -0.3 is 10.2 Å². The number of hydrogen-bond acceptors (Lipinski definition) is 3. The Morgan fingerprint density at radius 3 is 2.58 bits per heavy atom. The van der Waals surface area contributed by atoms with Crippen LogP contribution in [0.3, 0.4) is 0 Å². The number of rotatable bonds is 8. The molecule has 0 aliphatic heterocycles. The molecule has 108 valence electrons. The number of halogens is 1. The summed E-state index contributed by atoms with van der Waals surface area (Å²) in [7, 11) is 1.92. The second-order valence-corrected chi connectivity index (χ2v) is 4.87. The Kier molecular flexibility index (Phi) is 6.78. The monoisotopic (exact) mass is 267 g/mol. The molecule has 1 rings (SSSR count). The zero-order valence-electron chi connectivity index (χ0n) is 12.5. The summed E-state index contributed by atoms with van der Waals surface area (Å²) in [6, 6.07) is 2.09. The van der Waals surface area contributed by atoms with Crippen molar-refractivity contribution < 1.29 is 4.39 Å². The van der Waals surface area contributed by atoms with Crippen molar-refractivity contribution in [1.29, 1.82) is 0 Å². The van der Waals surface area contributed by atoms with Crippen LogP contribution in [0.25, 0.3) is 0 Å². The summed E-state index contributed by atoms with van der Waals surface area (Å²) in [5.41, 5.74) is 0.691. The minimum absolute atomic E-state index is 0.194. The molecule has 19 heavy (non-hydrogen) atoms. The van der Waals surface area contributed by atoms with E-state index in [1.807, 2.05) is 11.9 Å². The van der Waals surface area contributed by atoms with Gasteiger partial charge in [0.25, 0.3) is 0 Å². The van der Waals surface area contributed by atoms with Gasteiger partial charge >= 0.3 is 0 Å². The van der Waals surface area contributed by atoms with Gasteiger partial charge in [0.15, 0.2) is 11.6 Å². The van der Waals surface area contributed by atoms with Gasteiger partial charge in [-0.05, 0) is 31.9 Å². The highest BCUT2D eigenvalue weighted by molar-refractivity contribution is 5.43. The Hall–Kier alpha value is -1.16. The molecule has 4 heteroatoms. The van der Waals surface area contributed by atoms with Gasteiger partial charge in [0, 0.05) is 31.4 Å². The van der Waals surface area contributed by atoms with E-state index in [9.17, 15) is 4.39 Å². The van der Waals surface area contributed by atoms with E-state index < -0.39 is 0 Å². The standard InChI is InChI=1S/C15H26FN3/c1-5-9-17-11-12-8-10-18-15(14(12)16)19(4)13(6-2)7-3/h8,10,13,17H,5-7,9,11H2,1-4H3. The lowest BCUT2D eigenvalue weighted by Crippen LogP contribution is -2.32. The maximum Gasteiger partial charge on any atom is 0.170 e. The predicted octanol–water partition coefficient (Wildman–Crippen LogP) is 3.35. The second-order valence-electron chi connectivity index (χ2n) is 4.87. The number of nitrogens with zero attached hydrogens (tertiary/aromatic N) is 2. The smallest absolute Gasteiger partial charge is 0.170 e. The zero-order chi connectivity index (χ0) is 14.3. The van der Waals surface area contributed by atoms with E-state index in [2.05, 4.69) is 31.1 Å². The van der Waals surface area contributed by atoms with E-state index in [0.717, 1.165) is 25.8 Å². The van der Waals surface area contributed by atoms with Crippen LogP contribution in [0.2, 0.25) is 0 Å². The highest BCUT2D eigenvalue weighted by Gasteiger charge is 2.18. The summed E-state index contributed by atoms with van der Waals surface area (Å²) in [6.45, 7) is 7.80. The number of aromatic nitrogens is 1. The van der Waals surface area contributed by atoms with Crippen LogP contribution in [-0.2, 0) is 6.54 Å². The van der Waals surface area contributed by atoms with Crippen LogP contribution >= 0.6 is 0 Å². The number of pyridine rings is 1. The Morgan fingerprint density at radius 2 is 2.00 bits per heavy atom. The molecule has 0 fully saturated rings. The topological polar surface area (TPSA) is 28.2 Å². The van der Waals surface area contributed by atoms with E-state index in [1.54, 1.807) is 12.3 Å². The molecule has 3 nitrogen and oxygen atoms in total. The quantitative estimate of drug-likeness (QED) is 0.732. The third kappa shape index (κ3) is 4.16. The van der Waals surface area contributed by atoms with Gasteiger partial charge in [0.1, 0.15) is 0 Å². The molecule has 0 aliphatic rings. The molecule has 0 bridgehead atoms. The SMILES string of the molecule is CCCNCc1ccnc(N(C)C(CC)CC)c1F. The number of hydrogen-bond donors (Lipinski definition) is 1. The molecule has 0 saturated carbocycles. The van der Waals surface area contributed by atoms with Crippen LogP contribution in [0.15, 0.2) is 12.3 Å². The van der Waals surface area contributed by atoms with Gasteiger partial charge in [-0.3, -0.25) is 0 Å². The molecule has 1 heterocycles. The molecule has 0 saturated heterocycles. The zero-order valence-corrected chi connectivity index (χ0v) is 12.5. The lowest BCUT2D eigenvalue weighted by atomic mass is 10.1. The maximum absolute atomic E-state index is 14.4. The van der Waals surface area contributed by atoms with Crippen LogP contribution in [0.4, 0.5) is 10.2 Å². The first-order chi connectivity index (χ1) is 9.15. The molecule has 0 aliphatic carbocycles. The molecule has 1 aromatic rings. The molecule has 0 amide bonds. The average molecular weight is 267 g/mol. The van der Waals surface area contributed by atoms with Crippen LogP contribution in [0, 0.1) is 5.82 Å². The normalized spacial score (nSPS) is 11.1. The van der Waals surface area contributed by atoms with Crippen LogP contribution in [-0.4, -0.2) is 24.6 Å². The van der Waals surface area contributed by atoms with Gasteiger partial charge in [-0.1, -0.05) is 20.8 Å². The van der Waals surface area contributed by atoms with Crippen molar-refractivity contribution in [2.24, 2.45) is 0 Å². The van der Waals surface area contributed by atoms with Gasteiger partial charge in [-0.25, -0.2) is 9.37 Å². The van der Waals surface area contributed by atoms with Crippen molar-refractivity contribution in [3.8, 4) is 0 Å². The Bertz CT molecular complexity index is 378. The average Bonchev–Trinajstić information content (AvgIpc) is 2.42. The first kappa shape index (κ1) is 15.9. The summed E-state index contributed by atoms with van der Waals surface area (Å²) in [5.74, 6) is 0.269. The van der Waals surface area contributed by atoms with E-state index in [4.69, 9.17) is 0 Å². The third-order valence-electron chi connectivity index (χ3n) is 3.52. The fourth-order valence-electron chi connectivity index (χ4n) is 2.26. The molecule has 1 N–H and O–H groups in total. The molecule has 0 spiro atoms. The van der Waals surface area contributed by atoms with E-state index >= 15 is 0 Å². The highest BCUT2D eigenvalue weighted by atomic mass is 19.1. The Morgan fingerprint density at radius 1 is 1.32 bits per heavy atom. The summed E-state index contributed by atoms with van der Waals surface area (Å²) in [6.07, 6.45) is 4.73. The first-order valence-corrected chi connectivity index (χ1v) is 7.22. The predicted molar refractivity (Wildman–Crippen MR) is 79.0 cm³/mol. The van der Waals surface area contributed by atoms with Crippen molar-refractivity contribution >= 4 is 5.82 Å². The second kappa shape index (κ2) is 8.10. The molecular formula is C15H26FN3. The van der Waals surface area contributed by atoms with Gasteiger partial charge in [-0.15, -0.1) is 0 Å². The first-order valence-electron chi connectivity index (χ1n) is 7.22. The van der Waals surface area contributed by atoms with Crippen molar-refractivity contribution in [3.63, 3.8) is 0 Å². The fraction of sp³-hybridized carbons (Fsp3) is 0.667. The number of anilines is 1. The van der Waals surface area contributed by atoms with Crippen molar-refractivity contribution in [1.82, 2.24) is 10.3 Å². The minimum atomic E-state index is -0.194. The third-order valence-corrected chi connectivity index (χ3v) is 3.52. The molecule has 0 aromatic carbocycles. The van der Waals surface area contributed by atoms with Crippen molar-refractivity contribution in [3.05, 3.63) is 23.6 Å². The Labute approximate surface area is 116 Å². The van der Waals surface area contributed by atoms with Crippen LogP contribution < -0.4 is 10.2 Å². The maximum atomic E-state index is 14.4. The lowest BCUT2D eigenvalue weighted by molar-refractivity contribution is 0.544. The molecule has 1 aromatic heterocycles. The Balaban J connectivity index is 2.87. The molecule has 0 unspecified atom stereocenters. The molecule has 0 radical (unpaired) electrons. The number of nitrogens with one attached hydrogen (secondary N) is 1. The van der Waals surface area contributed by atoms with Gasteiger partial charge in [-0.2, -0.15) is 0 Å². The summed E-state index contributed by atoms with van der Waals surface area (Å²) >= 11 is 0. The highest BCUT2D eigenvalue weighted by Crippen LogP contribution is 2.22.